The third-order valence-corrected chi connectivity index (χ3v) is 4.84. The van der Waals surface area contributed by atoms with Crippen LogP contribution >= 0.6 is 0 Å². The highest BCUT2D eigenvalue weighted by molar-refractivity contribution is 5.39. The number of hydrogen-bond donors (Lipinski definition) is 1. The molecular weight excluding hydrogens is 234 g/mol. The molecule has 0 aromatic heterocycles. The molecule has 1 fully saturated rings. The van der Waals surface area contributed by atoms with Crippen LogP contribution in [-0.4, -0.2) is 19.2 Å². The van der Waals surface area contributed by atoms with Crippen LogP contribution in [0.3, 0.4) is 0 Å². The van der Waals surface area contributed by atoms with E-state index in [4.69, 9.17) is 4.74 Å². The summed E-state index contributed by atoms with van der Waals surface area (Å²) in [5.41, 5.74) is 1.38. The molecule has 1 aliphatic heterocycles. The summed E-state index contributed by atoms with van der Waals surface area (Å²) in [5, 5.41) is 3.76. The van der Waals surface area contributed by atoms with Gasteiger partial charge in [0.25, 0.3) is 0 Å². The van der Waals surface area contributed by atoms with Crippen LogP contribution in [0.25, 0.3) is 0 Å². The summed E-state index contributed by atoms with van der Waals surface area (Å²) >= 11 is 0. The van der Waals surface area contributed by atoms with Gasteiger partial charge in [0.2, 0.25) is 0 Å². The van der Waals surface area contributed by atoms with E-state index in [0.717, 1.165) is 24.8 Å². The van der Waals surface area contributed by atoms with E-state index in [1.165, 1.54) is 37.7 Å². The highest BCUT2D eigenvalue weighted by Gasteiger charge is 2.25. The Kier molecular flexibility index (Phi) is 4.07. The minimum Gasteiger partial charge on any atom is -0.493 e. The first-order valence-corrected chi connectivity index (χ1v) is 7.79. The highest BCUT2D eigenvalue weighted by atomic mass is 16.5. The lowest BCUT2D eigenvalue weighted by Gasteiger charge is -2.29. The van der Waals surface area contributed by atoms with Crippen molar-refractivity contribution in [3.05, 3.63) is 29.8 Å². The summed E-state index contributed by atoms with van der Waals surface area (Å²) in [6, 6.07) is 9.11. The van der Waals surface area contributed by atoms with Gasteiger partial charge in [0.05, 0.1) is 6.61 Å². The molecule has 0 bridgehead atoms. The van der Waals surface area contributed by atoms with Crippen LogP contribution in [0.2, 0.25) is 0 Å². The van der Waals surface area contributed by atoms with E-state index in [9.17, 15) is 0 Å². The molecule has 1 aromatic carbocycles. The summed E-state index contributed by atoms with van der Waals surface area (Å²) in [4.78, 5) is 0. The van der Waals surface area contributed by atoms with Gasteiger partial charge in [0.1, 0.15) is 5.75 Å². The van der Waals surface area contributed by atoms with Gasteiger partial charge >= 0.3 is 0 Å². The molecular formula is C17H25NO. The molecule has 2 heteroatoms. The fourth-order valence-electron chi connectivity index (χ4n) is 3.53. The standard InChI is InChI=1S/C17H25NO/c1-13(14-7-3-2-4-8-14)18-11-15-12-19-17-10-6-5-9-16(15)17/h5-6,9-10,13-15,18H,2-4,7-8,11-12H2,1H3. The zero-order chi connectivity index (χ0) is 13.1. The molecule has 1 saturated carbocycles. The van der Waals surface area contributed by atoms with E-state index in [2.05, 4.69) is 36.5 Å². The molecule has 1 N–H and O–H groups in total. The van der Waals surface area contributed by atoms with Gasteiger partial charge in [0, 0.05) is 24.1 Å². The van der Waals surface area contributed by atoms with Crippen molar-refractivity contribution in [2.24, 2.45) is 5.92 Å². The van der Waals surface area contributed by atoms with Crippen molar-refractivity contribution in [2.45, 2.75) is 51.0 Å². The minimum atomic E-state index is 0.530. The summed E-state index contributed by atoms with van der Waals surface area (Å²) in [6.45, 7) is 4.25. The van der Waals surface area contributed by atoms with Gasteiger partial charge in [-0.05, 0) is 31.7 Å². The normalized spacial score (nSPS) is 24.8. The Balaban J connectivity index is 1.52. The van der Waals surface area contributed by atoms with E-state index in [0.29, 0.717) is 12.0 Å². The number of rotatable bonds is 4. The summed E-state index contributed by atoms with van der Waals surface area (Å²) in [7, 11) is 0. The Bertz CT molecular complexity index is 411. The minimum absolute atomic E-state index is 0.530. The first-order valence-electron chi connectivity index (χ1n) is 7.79. The van der Waals surface area contributed by atoms with E-state index < -0.39 is 0 Å². The van der Waals surface area contributed by atoms with E-state index in [-0.39, 0.29) is 0 Å². The Hall–Kier alpha value is -1.02. The number of para-hydroxylation sites is 1. The van der Waals surface area contributed by atoms with Gasteiger partial charge in [-0.25, -0.2) is 0 Å². The number of fused-ring (bicyclic) bond motifs is 1. The molecule has 1 aliphatic carbocycles. The predicted octanol–water partition coefficient (Wildman–Crippen LogP) is 3.72. The molecule has 1 aromatic rings. The predicted molar refractivity (Wildman–Crippen MR) is 78.7 cm³/mol. The smallest absolute Gasteiger partial charge is 0.122 e. The zero-order valence-corrected chi connectivity index (χ0v) is 11.9. The maximum atomic E-state index is 5.75. The second-order valence-corrected chi connectivity index (χ2v) is 6.14. The van der Waals surface area contributed by atoms with Crippen LogP contribution in [0.1, 0.15) is 50.5 Å². The molecule has 2 aliphatic rings. The van der Waals surface area contributed by atoms with Crippen molar-refractivity contribution >= 4 is 0 Å². The summed E-state index contributed by atoms with van der Waals surface area (Å²) in [5.74, 6) is 2.49. The van der Waals surface area contributed by atoms with Crippen LogP contribution in [0.4, 0.5) is 0 Å². The molecule has 104 valence electrons. The summed E-state index contributed by atoms with van der Waals surface area (Å²) < 4.78 is 5.75. The van der Waals surface area contributed by atoms with Crippen molar-refractivity contribution in [3.8, 4) is 5.75 Å². The topological polar surface area (TPSA) is 21.3 Å². The third kappa shape index (κ3) is 2.94. The van der Waals surface area contributed by atoms with Crippen molar-refractivity contribution in [1.82, 2.24) is 5.32 Å². The van der Waals surface area contributed by atoms with E-state index in [1.807, 2.05) is 0 Å². The third-order valence-electron chi connectivity index (χ3n) is 4.84. The Labute approximate surface area is 116 Å². The molecule has 2 unspecified atom stereocenters. The van der Waals surface area contributed by atoms with Crippen LogP contribution in [-0.2, 0) is 0 Å². The Morgan fingerprint density at radius 2 is 2.00 bits per heavy atom. The average molecular weight is 259 g/mol. The fraction of sp³-hybridized carbons (Fsp3) is 0.647. The lowest BCUT2D eigenvalue weighted by Crippen LogP contribution is -2.37. The maximum absolute atomic E-state index is 5.75. The molecule has 19 heavy (non-hydrogen) atoms. The number of ether oxygens (including phenoxy) is 1. The van der Waals surface area contributed by atoms with Crippen LogP contribution < -0.4 is 10.1 Å². The van der Waals surface area contributed by atoms with Crippen LogP contribution in [0, 0.1) is 5.92 Å². The van der Waals surface area contributed by atoms with Gasteiger partial charge in [-0.15, -0.1) is 0 Å². The van der Waals surface area contributed by atoms with Gasteiger partial charge in [-0.2, -0.15) is 0 Å². The SMILES string of the molecule is CC(NCC1COc2ccccc21)C1CCCCC1. The van der Waals surface area contributed by atoms with Gasteiger partial charge in [-0.3, -0.25) is 0 Å². The fourth-order valence-corrected chi connectivity index (χ4v) is 3.53. The molecule has 0 spiro atoms. The molecule has 0 radical (unpaired) electrons. The summed E-state index contributed by atoms with van der Waals surface area (Å²) in [6.07, 6.45) is 7.10. The van der Waals surface area contributed by atoms with Gasteiger partial charge in [-0.1, -0.05) is 37.5 Å². The molecule has 3 rings (SSSR count). The average Bonchev–Trinajstić information content (AvgIpc) is 2.89. The van der Waals surface area contributed by atoms with E-state index in [1.54, 1.807) is 0 Å². The molecule has 2 nitrogen and oxygen atoms in total. The number of nitrogens with one attached hydrogen (secondary N) is 1. The lowest BCUT2D eigenvalue weighted by atomic mass is 9.84. The van der Waals surface area contributed by atoms with Crippen molar-refractivity contribution in [1.29, 1.82) is 0 Å². The van der Waals surface area contributed by atoms with Crippen molar-refractivity contribution in [3.63, 3.8) is 0 Å². The largest absolute Gasteiger partial charge is 0.493 e. The Morgan fingerprint density at radius 1 is 1.21 bits per heavy atom. The Morgan fingerprint density at radius 3 is 2.84 bits per heavy atom. The second kappa shape index (κ2) is 5.96. The first kappa shape index (κ1) is 13.0. The second-order valence-electron chi connectivity index (χ2n) is 6.14. The molecule has 0 amide bonds. The molecule has 2 atom stereocenters. The monoisotopic (exact) mass is 259 g/mol. The van der Waals surface area contributed by atoms with Crippen molar-refractivity contribution in [2.75, 3.05) is 13.2 Å². The number of benzene rings is 1. The lowest BCUT2D eigenvalue weighted by molar-refractivity contribution is 0.269. The van der Waals surface area contributed by atoms with E-state index >= 15 is 0 Å². The van der Waals surface area contributed by atoms with Gasteiger partial charge < -0.3 is 10.1 Å². The molecule has 0 saturated heterocycles. The zero-order valence-electron chi connectivity index (χ0n) is 11.9. The maximum Gasteiger partial charge on any atom is 0.122 e. The van der Waals surface area contributed by atoms with Crippen LogP contribution in [0.5, 0.6) is 5.75 Å². The highest BCUT2D eigenvalue weighted by Crippen LogP contribution is 2.33. The van der Waals surface area contributed by atoms with Gasteiger partial charge in [0.15, 0.2) is 0 Å². The number of hydrogen-bond acceptors (Lipinski definition) is 2. The van der Waals surface area contributed by atoms with Crippen molar-refractivity contribution < 1.29 is 4.74 Å². The quantitative estimate of drug-likeness (QED) is 0.889. The molecule has 1 heterocycles. The van der Waals surface area contributed by atoms with Crippen LogP contribution in [0.15, 0.2) is 24.3 Å². The first-order chi connectivity index (χ1) is 9.34.